The first-order valence-corrected chi connectivity index (χ1v) is 5.34. The lowest BCUT2D eigenvalue weighted by molar-refractivity contribution is 0.0693. The molecule has 0 amide bonds. The highest BCUT2D eigenvalue weighted by atomic mass is 16.4. The molecule has 20 heavy (non-hydrogen) atoms. The third kappa shape index (κ3) is 3.70. The molecular formula is C13H13NO6. The molecule has 2 aromatic carbocycles. The van der Waals surface area contributed by atoms with E-state index in [2.05, 4.69) is 0 Å². The molecule has 0 radical (unpaired) electrons. The summed E-state index contributed by atoms with van der Waals surface area (Å²) in [4.78, 5) is 10.3. The van der Waals surface area contributed by atoms with Crippen LogP contribution in [0.1, 0.15) is 10.4 Å². The summed E-state index contributed by atoms with van der Waals surface area (Å²) < 4.78 is 0. The Labute approximate surface area is 113 Å². The Bertz CT molecular complexity index is 626. The van der Waals surface area contributed by atoms with E-state index in [4.69, 9.17) is 31.3 Å². The molecule has 0 aliphatic heterocycles. The number of aromatic hydroxyl groups is 4. The number of phenols is 4. The lowest BCUT2D eigenvalue weighted by Gasteiger charge is -1.99. The fraction of sp³-hybridized carbons (Fsp3) is 0. The number of carboxylic acids is 1. The molecule has 0 aliphatic rings. The molecule has 7 heteroatoms. The molecule has 0 unspecified atom stereocenters. The van der Waals surface area contributed by atoms with Crippen LogP contribution in [0.5, 0.6) is 23.0 Å². The van der Waals surface area contributed by atoms with Crippen molar-refractivity contribution in [2.45, 2.75) is 0 Å². The molecule has 0 saturated heterocycles. The van der Waals surface area contributed by atoms with Crippen LogP contribution in [-0.4, -0.2) is 31.5 Å². The molecule has 0 spiro atoms. The highest BCUT2D eigenvalue weighted by molar-refractivity contribution is 5.91. The smallest absolute Gasteiger partial charge is 0.339 e. The zero-order valence-corrected chi connectivity index (χ0v) is 10.2. The first kappa shape index (κ1) is 15.0. The first-order valence-electron chi connectivity index (χ1n) is 5.34. The number of nitrogen functional groups attached to an aromatic ring is 1. The number of nitrogens with two attached hydrogens (primary N) is 1. The molecule has 0 aliphatic carbocycles. The average molecular weight is 279 g/mol. The Balaban J connectivity index is 0.000000204. The number of benzene rings is 2. The lowest BCUT2D eigenvalue weighted by atomic mass is 10.2. The van der Waals surface area contributed by atoms with Crippen molar-refractivity contribution in [2.24, 2.45) is 0 Å². The summed E-state index contributed by atoms with van der Waals surface area (Å²) in [6, 6.07) is 7.90. The van der Waals surface area contributed by atoms with Gasteiger partial charge in [-0.15, -0.1) is 0 Å². The zero-order chi connectivity index (χ0) is 15.3. The van der Waals surface area contributed by atoms with Gasteiger partial charge in [0.05, 0.1) is 0 Å². The van der Waals surface area contributed by atoms with Crippen molar-refractivity contribution < 1.29 is 30.3 Å². The van der Waals surface area contributed by atoms with Crippen molar-refractivity contribution in [3.05, 3.63) is 42.0 Å². The van der Waals surface area contributed by atoms with Crippen LogP contribution in [0.25, 0.3) is 0 Å². The average Bonchev–Trinajstić information content (AvgIpc) is 2.38. The Kier molecular flexibility index (Phi) is 4.63. The third-order valence-electron chi connectivity index (χ3n) is 2.24. The molecule has 0 bridgehead atoms. The largest absolute Gasteiger partial charge is 0.504 e. The minimum Gasteiger partial charge on any atom is -0.504 e. The van der Waals surface area contributed by atoms with Crippen LogP contribution in [0.2, 0.25) is 0 Å². The minimum atomic E-state index is -1.27. The fourth-order valence-electron chi connectivity index (χ4n) is 1.24. The van der Waals surface area contributed by atoms with Gasteiger partial charge in [-0.3, -0.25) is 0 Å². The molecule has 0 saturated carbocycles. The van der Waals surface area contributed by atoms with Crippen LogP contribution in [0.4, 0.5) is 5.69 Å². The second kappa shape index (κ2) is 6.19. The number of anilines is 1. The summed E-state index contributed by atoms with van der Waals surface area (Å²) in [7, 11) is 0. The zero-order valence-electron chi connectivity index (χ0n) is 10.2. The SMILES string of the molecule is Nc1ccc(O)c(O)c1.O=C(O)c1cccc(O)c1O. The molecule has 0 aromatic heterocycles. The monoisotopic (exact) mass is 279 g/mol. The Morgan fingerprint density at radius 3 is 2.00 bits per heavy atom. The van der Waals surface area contributed by atoms with Gasteiger partial charge < -0.3 is 31.3 Å². The van der Waals surface area contributed by atoms with Crippen LogP contribution < -0.4 is 5.73 Å². The third-order valence-corrected chi connectivity index (χ3v) is 2.24. The van der Waals surface area contributed by atoms with E-state index < -0.39 is 17.5 Å². The van der Waals surface area contributed by atoms with E-state index in [0.717, 1.165) is 0 Å². The molecular weight excluding hydrogens is 266 g/mol. The Hall–Kier alpha value is -3.09. The Morgan fingerprint density at radius 2 is 1.55 bits per heavy atom. The van der Waals surface area contributed by atoms with Crippen molar-refractivity contribution in [1.29, 1.82) is 0 Å². The van der Waals surface area contributed by atoms with E-state index in [1.807, 2.05) is 0 Å². The summed E-state index contributed by atoms with van der Waals surface area (Å²) in [5.74, 6) is -2.62. The van der Waals surface area contributed by atoms with Crippen LogP contribution >= 0.6 is 0 Å². The van der Waals surface area contributed by atoms with Crippen molar-refractivity contribution in [3.63, 3.8) is 0 Å². The quantitative estimate of drug-likeness (QED) is 0.263. The maximum atomic E-state index is 10.3. The maximum absolute atomic E-state index is 10.3. The number of hydrogen-bond donors (Lipinski definition) is 6. The second-order valence-corrected chi connectivity index (χ2v) is 3.73. The summed E-state index contributed by atoms with van der Waals surface area (Å²) in [6.07, 6.45) is 0. The first-order chi connectivity index (χ1) is 9.32. The predicted molar refractivity (Wildman–Crippen MR) is 70.9 cm³/mol. The summed E-state index contributed by atoms with van der Waals surface area (Å²) in [6.45, 7) is 0. The molecule has 2 aromatic rings. The number of carboxylic acid groups (broad SMARTS) is 1. The highest BCUT2D eigenvalue weighted by Gasteiger charge is 2.11. The van der Waals surface area contributed by atoms with Crippen LogP contribution in [0.15, 0.2) is 36.4 Å². The number of phenolic OH excluding ortho intramolecular Hbond substituents is 3. The predicted octanol–water partition coefficient (Wildman–Crippen LogP) is 1.48. The van der Waals surface area contributed by atoms with E-state index in [1.54, 1.807) is 0 Å². The molecule has 0 heterocycles. The molecule has 0 atom stereocenters. The molecule has 7 nitrogen and oxygen atoms in total. The van der Waals surface area contributed by atoms with Gasteiger partial charge in [-0.1, -0.05) is 6.07 Å². The van der Waals surface area contributed by atoms with Gasteiger partial charge in [0.15, 0.2) is 23.0 Å². The number of para-hydroxylation sites is 1. The topological polar surface area (TPSA) is 144 Å². The molecule has 7 N–H and O–H groups in total. The number of hydrogen-bond acceptors (Lipinski definition) is 6. The van der Waals surface area contributed by atoms with Gasteiger partial charge in [0, 0.05) is 11.8 Å². The van der Waals surface area contributed by atoms with Gasteiger partial charge in [0.25, 0.3) is 0 Å². The van der Waals surface area contributed by atoms with Gasteiger partial charge in [0.2, 0.25) is 0 Å². The van der Waals surface area contributed by atoms with Gasteiger partial charge in [-0.05, 0) is 24.3 Å². The number of aromatic carboxylic acids is 1. The van der Waals surface area contributed by atoms with E-state index >= 15 is 0 Å². The molecule has 0 fully saturated rings. The molecule has 2 rings (SSSR count). The van der Waals surface area contributed by atoms with Gasteiger partial charge in [0.1, 0.15) is 5.56 Å². The highest BCUT2D eigenvalue weighted by Crippen LogP contribution is 2.27. The summed E-state index contributed by atoms with van der Waals surface area (Å²) in [5, 5.41) is 43.7. The summed E-state index contributed by atoms with van der Waals surface area (Å²) >= 11 is 0. The number of rotatable bonds is 1. The lowest BCUT2D eigenvalue weighted by Crippen LogP contribution is -1.95. The fourth-order valence-corrected chi connectivity index (χ4v) is 1.24. The summed E-state index contributed by atoms with van der Waals surface area (Å²) in [5.41, 5.74) is 5.39. The van der Waals surface area contributed by atoms with Crippen LogP contribution in [0, 0.1) is 0 Å². The van der Waals surface area contributed by atoms with Gasteiger partial charge >= 0.3 is 5.97 Å². The van der Waals surface area contributed by atoms with E-state index in [1.165, 1.54) is 36.4 Å². The minimum absolute atomic E-state index is 0.149. The van der Waals surface area contributed by atoms with Crippen molar-refractivity contribution in [2.75, 3.05) is 5.73 Å². The Morgan fingerprint density at radius 1 is 0.900 bits per heavy atom. The van der Waals surface area contributed by atoms with Crippen LogP contribution in [-0.2, 0) is 0 Å². The standard InChI is InChI=1S/C7H6O4.C6H7NO2/c8-5-3-1-2-4(6(5)9)7(10)11;7-4-1-2-5(8)6(9)3-4/h1-3,8-9H,(H,10,11);1-3,8-9H,7H2. The van der Waals surface area contributed by atoms with Crippen molar-refractivity contribution in [3.8, 4) is 23.0 Å². The number of carbonyl (C=O) groups is 1. The molecule has 106 valence electrons. The van der Waals surface area contributed by atoms with E-state index in [0.29, 0.717) is 5.69 Å². The van der Waals surface area contributed by atoms with E-state index in [-0.39, 0.29) is 17.1 Å². The normalized spacial score (nSPS) is 9.40. The van der Waals surface area contributed by atoms with Gasteiger partial charge in [-0.2, -0.15) is 0 Å². The van der Waals surface area contributed by atoms with Crippen molar-refractivity contribution in [1.82, 2.24) is 0 Å². The van der Waals surface area contributed by atoms with Crippen LogP contribution in [0.3, 0.4) is 0 Å². The van der Waals surface area contributed by atoms with Crippen molar-refractivity contribution >= 4 is 11.7 Å². The second-order valence-electron chi connectivity index (χ2n) is 3.73. The maximum Gasteiger partial charge on any atom is 0.339 e. The van der Waals surface area contributed by atoms with Gasteiger partial charge in [-0.25, -0.2) is 4.79 Å². The van der Waals surface area contributed by atoms with E-state index in [9.17, 15) is 4.79 Å².